The highest BCUT2D eigenvalue weighted by Gasteiger charge is 2.28. The van der Waals surface area contributed by atoms with Gasteiger partial charge in [0.2, 0.25) is 11.8 Å². The van der Waals surface area contributed by atoms with Gasteiger partial charge in [-0.1, -0.05) is 0 Å². The molecule has 86 valence electrons. The van der Waals surface area contributed by atoms with Gasteiger partial charge in [-0.05, 0) is 13.3 Å². The third-order valence-electron chi connectivity index (χ3n) is 2.51. The zero-order valence-corrected chi connectivity index (χ0v) is 8.86. The summed E-state index contributed by atoms with van der Waals surface area (Å²) in [5, 5.41) is 11.7. The topological polar surface area (TPSA) is 99.8 Å². The number of aromatic nitrogens is 3. The molecule has 16 heavy (non-hydrogen) atoms. The molecule has 1 aromatic heterocycles. The number of H-pyrrole nitrogens is 1. The normalized spacial score (nSPS) is 21.6. The summed E-state index contributed by atoms with van der Waals surface area (Å²) in [6.45, 7) is 1.80. The summed E-state index contributed by atoms with van der Waals surface area (Å²) < 4.78 is 0. The minimum atomic E-state index is -0.419. The lowest BCUT2D eigenvalue weighted by atomic mass is 10.2. The van der Waals surface area contributed by atoms with Gasteiger partial charge in [-0.3, -0.25) is 14.7 Å². The summed E-state index contributed by atoms with van der Waals surface area (Å²) in [5.41, 5.74) is 0. The third-order valence-corrected chi connectivity index (χ3v) is 2.51. The Labute approximate surface area is 92.0 Å². The molecule has 2 unspecified atom stereocenters. The molecule has 1 aliphatic heterocycles. The van der Waals surface area contributed by atoms with E-state index in [2.05, 4.69) is 25.8 Å². The molecule has 3 N–H and O–H groups in total. The van der Waals surface area contributed by atoms with E-state index >= 15 is 0 Å². The minimum absolute atomic E-state index is 0.0764. The van der Waals surface area contributed by atoms with Gasteiger partial charge in [0.25, 0.3) is 0 Å². The van der Waals surface area contributed by atoms with Crippen LogP contribution in [0.5, 0.6) is 0 Å². The summed E-state index contributed by atoms with van der Waals surface area (Å²) >= 11 is 0. The Morgan fingerprint density at radius 2 is 2.50 bits per heavy atom. The second kappa shape index (κ2) is 4.30. The lowest BCUT2D eigenvalue weighted by Gasteiger charge is -2.14. The fourth-order valence-corrected chi connectivity index (χ4v) is 1.62. The molecule has 0 spiro atoms. The molecule has 1 aromatic rings. The molecule has 7 nitrogen and oxygen atoms in total. The van der Waals surface area contributed by atoms with Crippen molar-refractivity contribution in [2.45, 2.75) is 31.8 Å². The van der Waals surface area contributed by atoms with Gasteiger partial charge in [0, 0.05) is 6.42 Å². The van der Waals surface area contributed by atoms with E-state index in [4.69, 9.17) is 0 Å². The maximum Gasteiger partial charge on any atom is 0.243 e. The first-order valence-electron chi connectivity index (χ1n) is 5.12. The number of aromatic amines is 1. The fourth-order valence-electron chi connectivity index (χ4n) is 1.62. The standard InChI is InChI=1S/C9H13N5O2/c1-5(8-10-4-11-14-8)12-9(16)6-2-3-7(15)13-6/h4-6H,2-3H2,1H3,(H,12,16)(H,13,15)(H,10,11,14). The lowest BCUT2D eigenvalue weighted by molar-refractivity contribution is -0.126. The summed E-state index contributed by atoms with van der Waals surface area (Å²) in [5.74, 6) is 0.333. The van der Waals surface area contributed by atoms with Gasteiger partial charge in [0.15, 0.2) is 0 Å². The van der Waals surface area contributed by atoms with Crippen molar-refractivity contribution >= 4 is 11.8 Å². The lowest BCUT2D eigenvalue weighted by Crippen LogP contribution is -2.42. The van der Waals surface area contributed by atoms with E-state index < -0.39 is 6.04 Å². The molecule has 1 aliphatic rings. The molecular formula is C9H13N5O2. The van der Waals surface area contributed by atoms with Crippen LogP contribution >= 0.6 is 0 Å². The van der Waals surface area contributed by atoms with E-state index in [9.17, 15) is 9.59 Å². The van der Waals surface area contributed by atoms with E-state index in [-0.39, 0.29) is 17.9 Å². The highest BCUT2D eigenvalue weighted by Crippen LogP contribution is 2.09. The van der Waals surface area contributed by atoms with E-state index in [0.29, 0.717) is 18.7 Å². The van der Waals surface area contributed by atoms with Crippen LogP contribution in [0.4, 0.5) is 0 Å². The van der Waals surface area contributed by atoms with Crippen LogP contribution in [0.15, 0.2) is 6.33 Å². The van der Waals surface area contributed by atoms with Crippen LogP contribution in [-0.4, -0.2) is 33.0 Å². The average Bonchev–Trinajstić information content (AvgIpc) is 2.87. The molecule has 0 radical (unpaired) electrons. The smallest absolute Gasteiger partial charge is 0.243 e. The molecular weight excluding hydrogens is 210 g/mol. The van der Waals surface area contributed by atoms with Crippen LogP contribution in [0.1, 0.15) is 31.6 Å². The highest BCUT2D eigenvalue weighted by molar-refractivity contribution is 5.90. The molecule has 0 bridgehead atoms. The first-order chi connectivity index (χ1) is 7.66. The number of carbonyl (C=O) groups is 2. The van der Waals surface area contributed by atoms with E-state index in [0.717, 1.165) is 0 Å². The van der Waals surface area contributed by atoms with Crippen LogP contribution < -0.4 is 10.6 Å². The average molecular weight is 223 g/mol. The Bertz CT molecular complexity index is 389. The summed E-state index contributed by atoms with van der Waals surface area (Å²) in [6.07, 6.45) is 2.35. The summed E-state index contributed by atoms with van der Waals surface area (Å²) in [7, 11) is 0. The van der Waals surface area contributed by atoms with Crippen molar-refractivity contribution in [1.29, 1.82) is 0 Å². The Morgan fingerprint density at radius 1 is 1.69 bits per heavy atom. The largest absolute Gasteiger partial charge is 0.345 e. The molecule has 2 rings (SSSR count). The second-order valence-electron chi connectivity index (χ2n) is 3.76. The van der Waals surface area contributed by atoms with Crippen molar-refractivity contribution in [3.63, 3.8) is 0 Å². The van der Waals surface area contributed by atoms with Gasteiger partial charge in [0.1, 0.15) is 18.2 Å². The van der Waals surface area contributed by atoms with E-state index in [1.807, 2.05) is 0 Å². The molecule has 7 heteroatoms. The first kappa shape index (κ1) is 10.6. The van der Waals surface area contributed by atoms with Crippen LogP contribution in [0.3, 0.4) is 0 Å². The molecule has 0 saturated carbocycles. The van der Waals surface area contributed by atoms with Gasteiger partial charge in [-0.15, -0.1) is 0 Å². The maximum atomic E-state index is 11.7. The summed E-state index contributed by atoms with van der Waals surface area (Å²) in [4.78, 5) is 26.6. The van der Waals surface area contributed by atoms with Crippen LogP contribution in [0.25, 0.3) is 0 Å². The van der Waals surface area contributed by atoms with Gasteiger partial charge in [-0.2, -0.15) is 5.10 Å². The van der Waals surface area contributed by atoms with Crippen molar-refractivity contribution in [3.8, 4) is 0 Å². The van der Waals surface area contributed by atoms with Gasteiger partial charge in [-0.25, -0.2) is 4.98 Å². The maximum absolute atomic E-state index is 11.7. The number of hydrogen-bond donors (Lipinski definition) is 3. The van der Waals surface area contributed by atoms with Crippen molar-refractivity contribution in [2.24, 2.45) is 0 Å². The van der Waals surface area contributed by atoms with Gasteiger partial charge < -0.3 is 10.6 Å². The number of rotatable bonds is 3. The minimum Gasteiger partial charge on any atom is -0.345 e. The molecule has 1 saturated heterocycles. The Balaban J connectivity index is 1.90. The summed E-state index contributed by atoms with van der Waals surface area (Å²) in [6, 6.07) is -0.662. The highest BCUT2D eigenvalue weighted by atomic mass is 16.2. The van der Waals surface area contributed by atoms with Crippen LogP contribution in [0, 0.1) is 0 Å². The van der Waals surface area contributed by atoms with Gasteiger partial charge >= 0.3 is 0 Å². The van der Waals surface area contributed by atoms with Crippen LogP contribution in [0.2, 0.25) is 0 Å². The van der Waals surface area contributed by atoms with Crippen molar-refractivity contribution < 1.29 is 9.59 Å². The van der Waals surface area contributed by atoms with Crippen molar-refractivity contribution in [1.82, 2.24) is 25.8 Å². The third kappa shape index (κ3) is 2.18. The zero-order valence-electron chi connectivity index (χ0n) is 8.86. The fraction of sp³-hybridized carbons (Fsp3) is 0.556. The number of amides is 2. The Hall–Kier alpha value is -1.92. The number of carbonyl (C=O) groups excluding carboxylic acids is 2. The number of nitrogens with one attached hydrogen (secondary N) is 3. The molecule has 0 aliphatic carbocycles. The monoisotopic (exact) mass is 223 g/mol. The van der Waals surface area contributed by atoms with E-state index in [1.54, 1.807) is 6.92 Å². The van der Waals surface area contributed by atoms with Crippen LogP contribution in [-0.2, 0) is 9.59 Å². The Morgan fingerprint density at radius 3 is 3.06 bits per heavy atom. The van der Waals surface area contributed by atoms with Crippen molar-refractivity contribution in [3.05, 3.63) is 12.2 Å². The predicted molar refractivity (Wildman–Crippen MR) is 54.1 cm³/mol. The van der Waals surface area contributed by atoms with Gasteiger partial charge in [0.05, 0.1) is 6.04 Å². The SMILES string of the molecule is CC(NC(=O)C1CCC(=O)N1)c1ncn[nH]1. The van der Waals surface area contributed by atoms with E-state index in [1.165, 1.54) is 6.33 Å². The first-order valence-corrected chi connectivity index (χ1v) is 5.12. The molecule has 2 amide bonds. The number of hydrogen-bond acceptors (Lipinski definition) is 4. The quantitative estimate of drug-likeness (QED) is 0.628. The predicted octanol–water partition coefficient (Wildman–Crippen LogP) is -0.740. The molecule has 2 atom stereocenters. The Kier molecular flexibility index (Phi) is 2.84. The molecule has 0 aromatic carbocycles. The second-order valence-corrected chi connectivity index (χ2v) is 3.76. The molecule has 1 fully saturated rings. The van der Waals surface area contributed by atoms with Crippen molar-refractivity contribution in [2.75, 3.05) is 0 Å². The molecule has 2 heterocycles. The number of nitrogens with zero attached hydrogens (tertiary/aromatic N) is 2. The zero-order chi connectivity index (χ0) is 11.5.